The van der Waals surface area contributed by atoms with Crippen molar-refractivity contribution in [2.24, 2.45) is 0 Å². The summed E-state index contributed by atoms with van der Waals surface area (Å²) in [5.41, 5.74) is 3.44. The summed E-state index contributed by atoms with van der Waals surface area (Å²) in [6.07, 6.45) is 1.71. The molecule has 2 fully saturated rings. The van der Waals surface area contributed by atoms with Crippen molar-refractivity contribution in [3.8, 4) is 5.75 Å². The van der Waals surface area contributed by atoms with Crippen molar-refractivity contribution in [1.82, 2.24) is 15.1 Å². The van der Waals surface area contributed by atoms with E-state index in [-0.39, 0.29) is 11.9 Å². The van der Waals surface area contributed by atoms with Crippen LogP contribution < -0.4 is 10.1 Å². The first-order valence-electron chi connectivity index (χ1n) is 10.5. The van der Waals surface area contributed by atoms with Crippen LogP contribution in [-0.4, -0.2) is 78.3 Å². The molecular formula is C22H35N3O3. The number of carbonyl (C=O) groups excluding carboxylic acids is 1. The van der Waals surface area contributed by atoms with Gasteiger partial charge in [0.2, 0.25) is 5.91 Å². The highest BCUT2D eigenvalue weighted by atomic mass is 16.5. The maximum Gasteiger partial charge on any atom is 0.237 e. The highest BCUT2D eigenvalue weighted by molar-refractivity contribution is 5.81. The van der Waals surface area contributed by atoms with Gasteiger partial charge in [0.1, 0.15) is 18.5 Å². The molecule has 0 aromatic heterocycles. The average molecular weight is 390 g/mol. The molecule has 2 unspecified atom stereocenters. The van der Waals surface area contributed by atoms with Crippen molar-refractivity contribution < 1.29 is 14.6 Å². The third kappa shape index (κ3) is 5.46. The normalized spacial score (nSPS) is 20.6. The number of aryl methyl sites for hydroxylation is 2. The van der Waals surface area contributed by atoms with E-state index in [1.54, 1.807) is 0 Å². The molecule has 6 nitrogen and oxygen atoms in total. The first kappa shape index (κ1) is 21.1. The van der Waals surface area contributed by atoms with Gasteiger partial charge in [-0.25, -0.2) is 0 Å². The lowest BCUT2D eigenvalue weighted by atomic mass is 10.1. The van der Waals surface area contributed by atoms with E-state index in [0.29, 0.717) is 19.2 Å². The highest BCUT2D eigenvalue weighted by Gasteiger charge is 2.30. The van der Waals surface area contributed by atoms with E-state index >= 15 is 0 Å². The highest BCUT2D eigenvalue weighted by Crippen LogP contribution is 2.26. The smallest absolute Gasteiger partial charge is 0.237 e. The standard InChI is InChI=1S/C22H35N3O3/c1-15-5-6-16(2)21(17(15)3)28-14-20(26)13-24-9-11-25(12-10-24)18(4)22(27)23-19-7-8-19/h5-6,18-20,26H,7-14H2,1-4H3,(H,23,27). The molecule has 1 aromatic rings. The Labute approximate surface area is 168 Å². The number of piperazine rings is 1. The first-order chi connectivity index (χ1) is 13.3. The fraction of sp³-hybridized carbons (Fsp3) is 0.682. The Hall–Kier alpha value is -1.63. The molecular weight excluding hydrogens is 354 g/mol. The molecule has 1 saturated heterocycles. The van der Waals surface area contributed by atoms with Crippen LogP contribution in [0.1, 0.15) is 36.5 Å². The van der Waals surface area contributed by atoms with Gasteiger partial charge >= 0.3 is 0 Å². The molecule has 6 heteroatoms. The summed E-state index contributed by atoms with van der Waals surface area (Å²) in [4.78, 5) is 16.7. The van der Waals surface area contributed by atoms with Gasteiger partial charge < -0.3 is 15.2 Å². The number of benzene rings is 1. The fourth-order valence-electron chi connectivity index (χ4n) is 3.73. The van der Waals surface area contributed by atoms with E-state index in [4.69, 9.17) is 4.74 Å². The third-order valence-electron chi connectivity index (χ3n) is 6.02. The maximum absolute atomic E-state index is 12.2. The molecule has 1 aliphatic heterocycles. The average Bonchev–Trinajstić information content (AvgIpc) is 3.49. The first-order valence-corrected chi connectivity index (χ1v) is 10.5. The predicted octanol–water partition coefficient (Wildman–Crippen LogP) is 1.64. The second-order valence-electron chi connectivity index (χ2n) is 8.41. The fourth-order valence-corrected chi connectivity index (χ4v) is 3.73. The van der Waals surface area contributed by atoms with E-state index in [2.05, 4.69) is 41.1 Å². The van der Waals surface area contributed by atoms with E-state index in [0.717, 1.165) is 55.9 Å². The molecule has 0 bridgehead atoms. The largest absolute Gasteiger partial charge is 0.490 e. The number of ether oxygens (including phenoxy) is 1. The summed E-state index contributed by atoms with van der Waals surface area (Å²) >= 11 is 0. The Bertz CT molecular complexity index is 682. The van der Waals surface area contributed by atoms with Crippen molar-refractivity contribution in [2.45, 2.75) is 58.7 Å². The number of aliphatic hydroxyl groups excluding tert-OH is 1. The topological polar surface area (TPSA) is 65.0 Å². The molecule has 0 radical (unpaired) electrons. The Balaban J connectivity index is 1.40. The van der Waals surface area contributed by atoms with Crippen molar-refractivity contribution in [1.29, 1.82) is 0 Å². The minimum absolute atomic E-state index is 0.0803. The van der Waals surface area contributed by atoms with Crippen LogP contribution in [0.5, 0.6) is 5.75 Å². The van der Waals surface area contributed by atoms with Gasteiger partial charge in [0.05, 0.1) is 6.04 Å². The second kappa shape index (κ2) is 9.25. The molecule has 2 atom stereocenters. The van der Waals surface area contributed by atoms with Crippen molar-refractivity contribution >= 4 is 5.91 Å². The Morgan fingerprint density at radius 3 is 2.46 bits per heavy atom. The monoisotopic (exact) mass is 389 g/mol. The lowest BCUT2D eigenvalue weighted by Gasteiger charge is -2.38. The molecule has 3 rings (SSSR count). The molecule has 0 spiro atoms. The number of carbonyl (C=O) groups is 1. The van der Waals surface area contributed by atoms with Gasteiger partial charge in [-0.2, -0.15) is 0 Å². The van der Waals surface area contributed by atoms with E-state index in [9.17, 15) is 9.90 Å². The predicted molar refractivity (Wildman–Crippen MR) is 111 cm³/mol. The lowest BCUT2D eigenvalue weighted by molar-refractivity contribution is -0.126. The van der Waals surface area contributed by atoms with E-state index < -0.39 is 6.10 Å². The minimum atomic E-state index is -0.526. The van der Waals surface area contributed by atoms with Crippen molar-refractivity contribution in [2.75, 3.05) is 39.3 Å². The van der Waals surface area contributed by atoms with E-state index in [1.165, 1.54) is 5.56 Å². The summed E-state index contributed by atoms with van der Waals surface area (Å²) in [5, 5.41) is 13.5. The van der Waals surface area contributed by atoms with Gasteiger partial charge in [-0.15, -0.1) is 0 Å². The molecule has 1 amide bonds. The minimum Gasteiger partial charge on any atom is -0.490 e. The van der Waals surface area contributed by atoms with E-state index in [1.807, 2.05) is 13.8 Å². The molecule has 28 heavy (non-hydrogen) atoms. The molecule has 1 heterocycles. The summed E-state index contributed by atoms with van der Waals surface area (Å²) < 4.78 is 5.95. The Kier molecular flexibility index (Phi) is 6.96. The molecule has 2 N–H and O–H groups in total. The van der Waals surface area contributed by atoms with Crippen LogP contribution in [0.15, 0.2) is 12.1 Å². The number of nitrogens with zero attached hydrogens (tertiary/aromatic N) is 2. The SMILES string of the molecule is Cc1ccc(C)c(OCC(O)CN2CCN(C(C)C(=O)NC3CC3)CC2)c1C. The number of amides is 1. The summed E-state index contributed by atoms with van der Waals surface area (Å²) in [6, 6.07) is 4.48. The Morgan fingerprint density at radius 1 is 1.18 bits per heavy atom. The summed E-state index contributed by atoms with van der Waals surface area (Å²) in [7, 11) is 0. The third-order valence-corrected chi connectivity index (χ3v) is 6.02. The number of β-amino-alcohol motifs (C(OH)–C–C–N with tert-alkyl or cyclic N) is 1. The lowest BCUT2D eigenvalue weighted by Crippen LogP contribution is -2.55. The molecule has 1 aromatic carbocycles. The van der Waals surface area contributed by atoms with Crippen molar-refractivity contribution in [3.63, 3.8) is 0 Å². The van der Waals surface area contributed by atoms with Gasteiger partial charge in [-0.1, -0.05) is 12.1 Å². The number of aliphatic hydroxyl groups is 1. The molecule has 1 saturated carbocycles. The van der Waals surface area contributed by atoms with Gasteiger partial charge in [0, 0.05) is 38.8 Å². The number of hydrogen-bond donors (Lipinski definition) is 2. The quantitative estimate of drug-likeness (QED) is 0.708. The van der Waals surface area contributed by atoms with Gasteiger partial charge in [0.15, 0.2) is 0 Å². The zero-order chi connectivity index (χ0) is 20.3. The molecule has 1 aliphatic carbocycles. The molecule has 2 aliphatic rings. The number of nitrogens with one attached hydrogen (secondary N) is 1. The van der Waals surface area contributed by atoms with Gasteiger partial charge in [-0.3, -0.25) is 14.6 Å². The second-order valence-corrected chi connectivity index (χ2v) is 8.41. The van der Waals surface area contributed by atoms with Crippen LogP contribution in [0, 0.1) is 20.8 Å². The van der Waals surface area contributed by atoms with Crippen LogP contribution in [0.4, 0.5) is 0 Å². The summed E-state index contributed by atoms with van der Waals surface area (Å²) in [5.74, 6) is 1.03. The summed E-state index contributed by atoms with van der Waals surface area (Å²) in [6.45, 7) is 12.5. The van der Waals surface area contributed by atoms with Crippen LogP contribution in [0.2, 0.25) is 0 Å². The molecule has 156 valence electrons. The van der Waals surface area contributed by atoms with Gasteiger partial charge in [-0.05, 0) is 57.2 Å². The van der Waals surface area contributed by atoms with Crippen LogP contribution in [0.3, 0.4) is 0 Å². The van der Waals surface area contributed by atoms with Gasteiger partial charge in [0.25, 0.3) is 0 Å². The number of hydrogen-bond acceptors (Lipinski definition) is 5. The maximum atomic E-state index is 12.2. The van der Waals surface area contributed by atoms with Crippen LogP contribution >= 0.6 is 0 Å². The zero-order valence-corrected chi connectivity index (χ0v) is 17.7. The van der Waals surface area contributed by atoms with Crippen LogP contribution in [-0.2, 0) is 4.79 Å². The van der Waals surface area contributed by atoms with Crippen molar-refractivity contribution in [3.05, 3.63) is 28.8 Å². The number of rotatable bonds is 8. The van der Waals surface area contributed by atoms with Crippen LogP contribution in [0.25, 0.3) is 0 Å². The zero-order valence-electron chi connectivity index (χ0n) is 17.7. The Morgan fingerprint density at radius 2 is 1.82 bits per heavy atom.